The van der Waals surface area contributed by atoms with Crippen LogP contribution in [0.5, 0.6) is 0 Å². The van der Waals surface area contributed by atoms with E-state index in [0.29, 0.717) is 22.4 Å². The molecular formula is C20H22F3NO2S2. The van der Waals surface area contributed by atoms with Crippen molar-refractivity contribution in [1.29, 1.82) is 0 Å². The topological polar surface area (TPSA) is 40.5 Å². The highest BCUT2D eigenvalue weighted by Gasteiger charge is 2.35. The lowest BCUT2D eigenvalue weighted by molar-refractivity contribution is -0.137. The Bertz CT molecular complexity index is 917. The van der Waals surface area contributed by atoms with Crippen LogP contribution in [0.3, 0.4) is 0 Å². The first kappa shape index (κ1) is 21.2. The predicted octanol–water partition coefficient (Wildman–Crippen LogP) is 5.92. The van der Waals surface area contributed by atoms with E-state index in [1.54, 1.807) is 7.05 Å². The van der Waals surface area contributed by atoms with E-state index >= 15 is 0 Å². The molecule has 1 N–H and O–H groups in total. The number of thiophene rings is 1. The molecule has 1 aliphatic rings. The summed E-state index contributed by atoms with van der Waals surface area (Å²) in [6, 6.07) is 3.51. The van der Waals surface area contributed by atoms with E-state index in [4.69, 9.17) is 0 Å². The fraction of sp³-hybridized carbons (Fsp3) is 0.450. The van der Waals surface area contributed by atoms with Crippen LogP contribution in [0.25, 0.3) is 10.4 Å². The standard InChI is InChI=1S/C20H22F3NO2S2/c1-19(2)7-6-15-14(9-19)16(18(25)26)17(28-15)13-5-4-12(20(21,22)23)8-11(13)10-24(3)27/h4-5,8,27H,6-7,9-10H2,1-3H3,(H,25,26). The normalized spacial score (nSPS) is 16.3. The molecule has 0 fully saturated rings. The smallest absolute Gasteiger partial charge is 0.416 e. The number of thiol groups is 1. The second-order valence-electron chi connectivity index (χ2n) is 8.04. The van der Waals surface area contributed by atoms with Gasteiger partial charge in [0, 0.05) is 16.3 Å². The Kier molecular flexibility index (Phi) is 5.59. The van der Waals surface area contributed by atoms with Crippen molar-refractivity contribution in [3.8, 4) is 10.4 Å². The number of aromatic carboxylic acids is 1. The largest absolute Gasteiger partial charge is 0.478 e. The van der Waals surface area contributed by atoms with Crippen LogP contribution in [-0.2, 0) is 25.6 Å². The third kappa shape index (κ3) is 4.23. The minimum atomic E-state index is -4.46. The Morgan fingerprint density at radius 2 is 2.04 bits per heavy atom. The van der Waals surface area contributed by atoms with Crippen molar-refractivity contribution in [3.63, 3.8) is 0 Å². The van der Waals surface area contributed by atoms with Crippen LogP contribution < -0.4 is 0 Å². The average molecular weight is 430 g/mol. The number of nitrogens with zero attached hydrogens (tertiary/aromatic N) is 1. The highest BCUT2D eigenvalue weighted by atomic mass is 32.1. The van der Waals surface area contributed by atoms with Gasteiger partial charge in [-0.3, -0.25) is 4.31 Å². The number of carbonyl (C=O) groups is 1. The third-order valence-electron chi connectivity index (χ3n) is 5.07. The summed E-state index contributed by atoms with van der Waals surface area (Å²) in [5, 5.41) is 9.90. The fourth-order valence-electron chi connectivity index (χ4n) is 3.70. The molecule has 1 aromatic heterocycles. The molecular weight excluding hydrogens is 407 g/mol. The highest BCUT2D eigenvalue weighted by molar-refractivity contribution is 7.77. The van der Waals surface area contributed by atoms with E-state index in [1.807, 2.05) is 0 Å². The predicted molar refractivity (Wildman–Crippen MR) is 108 cm³/mol. The van der Waals surface area contributed by atoms with Gasteiger partial charge in [0.1, 0.15) is 0 Å². The van der Waals surface area contributed by atoms with Crippen molar-refractivity contribution in [2.45, 2.75) is 45.8 Å². The molecule has 0 bridgehead atoms. The van der Waals surface area contributed by atoms with Crippen molar-refractivity contribution < 1.29 is 23.1 Å². The van der Waals surface area contributed by atoms with E-state index < -0.39 is 17.7 Å². The molecule has 1 aliphatic carbocycles. The first-order chi connectivity index (χ1) is 12.9. The number of hydrogen-bond donors (Lipinski definition) is 2. The number of halogens is 3. The fourth-order valence-corrected chi connectivity index (χ4v) is 5.23. The Morgan fingerprint density at radius 3 is 2.61 bits per heavy atom. The summed E-state index contributed by atoms with van der Waals surface area (Å²) >= 11 is 5.57. The summed E-state index contributed by atoms with van der Waals surface area (Å²) in [4.78, 5) is 13.7. The molecule has 0 atom stereocenters. The van der Waals surface area contributed by atoms with E-state index in [1.165, 1.54) is 21.7 Å². The maximum atomic E-state index is 13.2. The molecule has 3 nitrogen and oxygen atoms in total. The summed E-state index contributed by atoms with van der Waals surface area (Å²) < 4.78 is 41.1. The van der Waals surface area contributed by atoms with Gasteiger partial charge in [-0.25, -0.2) is 4.79 Å². The minimum Gasteiger partial charge on any atom is -0.478 e. The number of rotatable bonds is 4. The molecule has 0 unspecified atom stereocenters. The van der Waals surface area contributed by atoms with Crippen molar-refractivity contribution in [2.75, 3.05) is 7.05 Å². The summed E-state index contributed by atoms with van der Waals surface area (Å²) in [5.41, 5.74) is 1.26. The van der Waals surface area contributed by atoms with Gasteiger partial charge in [-0.05, 0) is 60.5 Å². The number of carboxylic acids is 1. The second-order valence-corrected chi connectivity index (χ2v) is 9.83. The monoisotopic (exact) mass is 429 g/mol. The number of hydrogen-bond acceptors (Lipinski definition) is 4. The second kappa shape index (κ2) is 7.39. The molecule has 152 valence electrons. The molecule has 0 saturated carbocycles. The zero-order valence-electron chi connectivity index (χ0n) is 15.9. The molecule has 3 rings (SSSR count). The number of fused-ring (bicyclic) bond motifs is 1. The SMILES string of the molecule is CN(S)Cc1cc(C(F)(F)F)ccc1-c1sc2c(c1C(=O)O)CC(C)(C)CC2. The van der Waals surface area contributed by atoms with Crippen molar-refractivity contribution >= 4 is 30.1 Å². The molecule has 0 radical (unpaired) electrons. The van der Waals surface area contributed by atoms with Gasteiger partial charge in [0.25, 0.3) is 0 Å². The minimum absolute atomic E-state index is 0.00380. The van der Waals surface area contributed by atoms with Crippen molar-refractivity contribution in [3.05, 3.63) is 45.3 Å². The van der Waals surface area contributed by atoms with Crippen LogP contribution >= 0.6 is 24.2 Å². The molecule has 0 spiro atoms. The summed E-state index contributed by atoms with van der Waals surface area (Å²) in [6.07, 6.45) is -2.06. The molecule has 1 aromatic carbocycles. The van der Waals surface area contributed by atoms with Crippen molar-refractivity contribution in [1.82, 2.24) is 4.31 Å². The van der Waals surface area contributed by atoms with E-state index in [-0.39, 0.29) is 17.5 Å². The van der Waals surface area contributed by atoms with Gasteiger partial charge in [0.05, 0.1) is 11.1 Å². The quantitative estimate of drug-likeness (QED) is 0.593. The molecule has 1 heterocycles. The average Bonchev–Trinajstić information content (AvgIpc) is 2.90. The van der Waals surface area contributed by atoms with Gasteiger partial charge >= 0.3 is 12.1 Å². The van der Waals surface area contributed by atoms with Crippen LogP contribution in [-0.4, -0.2) is 22.4 Å². The molecule has 8 heteroatoms. The van der Waals surface area contributed by atoms with Crippen molar-refractivity contribution in [2.24, 2.45) is 5.41 Å². The molecule has 0 amide bonds. The van der Waals surface area contributed by atoms with Crippen LogP contribution in [0, 0.1) is 5.41 Å². The zero-order valence-corrected chi connectivity index (χ0v) is 17.6. The lowest BCUT2D eigenvalue weighted by Gasteiger charge is -2.29. The Morgan fingerprint density at radius 1 is 1.36 bits per heavy atom. The molecule has 2 aromatic rings. The first-order valence-electron chi connectivity index (χ1n) is 8.87. The van der Waals surface area contributed by atoms with Gasteiger partial charge in [-0.1, -0.05) is 32.7 Å². The summed E-state index contributed by atoms with van der Waals surface area (Å²) in [6.45, 7) is 4.38. The van der Waals surface area contributed by atoms with Crippen LogP contribution in [0.15, 0.2) is 18.2 Å². The first-order valence-corrected chi connectivity index (χ1v) is 10.1. The van der Waals surface area contributed by atoms with E-state index in [2.05, 4.69) is 26.7 Å². The van der Waals surface area contributed by atoms with E-state index in [9.17, 15) is 23.1 Å². The van der Waals surface area contributed by atoms with Gasteiger partial charge < -0.3 is 5.11 Å². The molecule has 28 heavy (non-hydrogen) atoms. The number of benzene rings is 1. The lowest BCUT2D eigenvalue weighted by Crippen LogP contribution is -2.22. The molecule has 0 aliphatic heterocycles. The Labute approximate surface area is 171 Å². The van der Waals surface area contributed by atoms with Crippen LogP contribution in [0.2, 0.25) is 0 Å². The number of carboxylic acid groups (broad SMARTS) is 1. The van der Waals surface area contributed by atoms with Crippen LogP contribution in [0.4, 0.5) is 13.2 Å². The van der Waals surface area contributed by atoms with Gasteiger partial charge in [-0.15, -0.1) is 11.3 Å². The zero-order chi connectivity index (χ0) is 20.9. The number of alkyl halides is 3. The van der Waals surface area contributed by atoms with Gasteiger partial charge in [0.2, 0.25) is 0 Å². The Balaban J connectivity index is 2.21. The van der Waals surface area contributed by atoms with Gasteiger partial charge in [0.15, 0.2) is 0 Å². The van der Waals surface area contributed by atoms with Crippen LogP contribution in [0.1, 0.15) is 52.2 Å². The Hall–Kier alpha value is -1.51. The summed E-state index contributed by atoms with van der Waals surface area (Å²) in [5.74, 6) is -1.03. The highest BCUT2D eigenvalue weighted by Crippen LogP contribution is 2.46. The lowest BCUT2D eigenvalue weighted by atomic mass is 9.76. The summed E-state index contributed by atoms with van der Waals surface area (Å²) in [7, 11) is 1.65. The molecule has 0 saturated heterocycles. The maximum absolute atomic E-state index is 13.2. The maximum Gasteiger partial charge on any atom is 0.416 e. The van der Waals surface area contributed by atoms with Gasteiger partial charge in [-0.2, -0.15) is 13.2 Å². The third-order valence-corrected chi connectivity index (χ3v) is 6.53. The number of aryl methyl sites for hydroxylation is 1. The van der Waals surface area contributed by atoms with E-state index in [0.717, 1.165) is 35.4 Å².